The van der Waals surface area contributed by atoms with Crippen LogP contribution in [-0.4, -0.2) is 77.5 Å². The predicted molar refractivity (Wildman–Crippen MR) is 194 cm³/mol. The molecule has 0 bridgehead atoms. The molecule has 0 spiro atoms. The lowest BCUT2D eigenvalue weighted by Gasteiger charge is -2.34. The summed E-state index contributed by atoms with van der Waals surface area (Å²) in [5.74, 6) is -0.405. The molecule has 1 aliphatic carbocycles. The highest BCUT2D eigenvalue weighted by atomic mass is 16.6. The first-order chi connectivity index (χ1) is 23.1. The second kappa shape index (κ2) is 16.2. The van der Waals surface area contributed by atoms with Gasteiger partial charge >= 0.3 is 6.09 Å². The summed E-state index contributed by atoms with van der Waals surface area (Å²) in [5.41, 5.74) is 0.521. The molecule has 0 aromatic heterocycles. The molecule has 4 amide bonds. The lowest BCUT2D eigenvalue weighted by atomic mass is 9.98. The van der Waals surface area contributed by atoms with Gasteiger partial charge in [-0.15, -0.1) is 0 Å². The normalized spacial score (nSPS) is 14.6. The number of rotatable bonds is 14. The van der Waals surface area contributed by atoms with Crippen LogP contribution in [0.4, 0.5) is 4.79 Å². The van der Waals surface area contributed by atoms with E-state index in [9.17, 15) is 19.2 Å². The average Bonchev–Trinajstić information content (AvgIpc) is 3.88. The number of benzene rings is 3. The largest absolute Gasteiger partial charge is 0.444 e. The Labute approximate surface area is 291 Å². The summed E-state index contributed by atoms with van der Waals surface area (Å²) in [7, 11) is 3.27. The molecule has 9 nitrogen and oxygen atoms in total. The van der Waals surface area contributed by atoms with E-state index in [0.717, 1.165) is 34.7 Å². The number of nitrogens with zero attached hydrogens (tertiary/aromatic N) is 2. The van der Waals surface area contributed by atoms with Gasteiger partial charge in [-0.25, -0.2) is 4.79 Å². The molecule has 49 heavy (non-hydrogen) atoms. The first kappa shape index (κ1) is 37.2. The third kappa shape index (κ3) is 11.5. The quantitative estimate of drug-likeness (QED) is 0.203. The Morgan fingerprint density at radius 3 is 2.10 bits per heavy atom. The van der Waals surface area contributed by atoms with E-state index in [2.05, 4.69) is 10.6 Å². The van der Waals surface area contributed by atoms with Crippen molar-refractivity contribution in [3.63, 3.8) is 0 Å². The van der Waals surface area contributed by atoms with Gasteiger partial charge < -0.3 is 25.2 Å². The molecular weight excluding hydrogens is 616 g/mol. The van der Waals surface area contributed by atoms with Crippen LogP contribution in [0.1, 0.15) is 65.0 Å². The second-order valence-electron chi connectivity index (χ2n) is 14.8. The topological polar surface area (TPSA) is 108 Å². The zero-order valence-electron chi connectivity index (χ0n) is 30.0. The van der Waals surface area contributed by atoms with Crippen molar-refractivity contribution < 1.29 is 23.9 Å². The van der Waals surface area contributed by atoms with Crippen LogP contribution in [0.2, 0.25) is 0 Å². The molecule has 0 aliphatic heterocycles. The fourth-order valence-corrected chi connectivity index (χ4v) is 5.65. The van der Waals surface area contributed by atoms with Crippen molar-refractivity contribution in [1.29, 1.82) is 0 Å². The molecule has 3 aromatic rings. The highest BCUT2D eigenvalue weighted by Crippen LogP contribution is 2.28. The van der Waals surface area contributed by atoms with Crippen LogP contribution in [0.3, 0.4) is 0 Å². The van der Waals surface area contributed by atoms with Crippen molar-refractivity contribution in [2.75, 3.05) is 20.6 Å². The first-order valence-electron chi connectivity index (χ1n) is 17.1. The first-order valence-corrected chi connectivity index (χ1v) is 17.1. The Morgan fingerprint density at radius 2 is 1.45 bits per heavy atom. The van der Waals surface area contributed by atoms with Crippen molar-refractivity contribution in [2.24, 2.45) is 5.92 Å². The minimum Gasteiger partial charge on any atom is -0.444 e. The van der Waals surface area contributed by atoms with Gasteiger partial charge in [0.25, 0.3) is 0 Å². The molecular formula is C40H52N4O5. The summed E-state index contributed by atoms with van der Waals surface area (Å²) in [6, 6.07) is 22.0. The molecule has 0 radical (unpaired) electrons. The number of fused-ring (bicyclic) bond motifs is 1. The standard InChI is InChI=1S/C40H52N4O5/c1-39(2,3)49-38(48)42-40(4,5)23-13-18-35(45)43(6)34(26-30-21-22-31-16-11-12-17-32(31)24-30)37(47)44(7)33(25-28-14-9-8-10-15-28)36(46)41-27-29-19-20-29/h8-18,21-22,24,29,33-34H,19-20,23,25-27H2,1-7H3,(H,41,46)(H,42,48)/b18-13+/t33-,34-/m1/s1. The Hall–Kier alpha value is -4.66. The van der Waals surface area contributed by atoms with Gasteiger partial charge in [0, 0.05) is 39.0 Å². The van der Waals surface area contributed by atoms with E-state index in [1.807, 2.05) is 86.6 Å². The number of amides is 4. The molecule has 1 aliphatic rings. The smallest absolute Gasteiger partial charge is 0.408 e. The van der Waals surface area contributed by atoms with E-state index in [4.69, 9.17) is 4.74 Å². The Kier molecular flexibility index (Phi) is 12.3. The van der Waals surface area contributed by atoms with E-state index < -0.39 is 29.3 Å². The number of ether oxygens (including phenoxy) is 1. The number of likely N-dealkylation sites (N-methyl/N-ethyl adjacent to an activating group) is 2. The van der Waals surface area contributed by atoms with Crippen molar-refractivity contribution in [2.45, 2.75) is 89.9 Å². The van der Waals surface area contributed by atoms with E-state index in [0.29, 0.717) is 25.3 Å². The Morgan fingerprint density at radius 1 is 0.816 bits per heavy atom. The Balaban J connectivity index is 1.57. The third-order valence-electron chi connectivity index (χ3n) is 8.72. The van der Waals surface area contributed by atoms with Gasteiger partial charge in [0.05, 0.1) is 0 Å². The van der Waals surface area contributed by atoms with Gasteiger partial charge in [-0.1, -0.05) is 78.9 Å². The van der Waals surface area contributed by atoms with Crippen LogP contribution in [-0.2, 0) is 32.0 Å². The van der Waals surface area contributed by atoms with Crippen molar-refractivity contribution in [3.8, 4) is 0 Å². The van der Waals surface area contributed by atoms with Crippen LogP contribution in [0.15, 0.2) is 84.9 Å². The van der Waals surface area contributed by atoms with Crippen LogP contribution < -0.4 is 10.6 Å². The molecule has 1 saturated carbocycles. The zero-order valence-corrected chi connectivity index (χ0v) is 30.0. The van der Waals surface area contributed by atoms with Gasteiger partial charge in [0.1, 0.15) is 17.7 Å². The molecule has 1 fully saturated rings. The zero-order chi connectivity index (χ0) is 35.8. The lowest BCUT2D eigenvalue weighted by Crippen LogP contribution is -2.56. The summed E-state index contributed by atoms with van der Waals surface area (Å²) < 4.78 is 5.39. The lowest BCUT2D eigenvalue weighted by molar-refractivity contribution is -0.146. The fourth-order valence-electron chi connectivity index (χ4n) is 5.65. The van der Waals surface area contributed by atoms with Crippen LogP contribution in [0.5, 0.6) is 0 Å². The molecule has 2 N–H and O–H groups in total. The molecule has 0 heterocycles. The maximum atomic E-state index is 14.5. The Bertz CT molecular complexity index is 1640. The van der Waals surface area contributed by atoms with Crippen LogP contribution in [0, 0.1) is 5.92 Å². The average molecular weight is 669 g/mol. The minimum absolute atomic E-state index is 0.204. The monoisotopic (exact) mass is 668 g/mol. The SMILES string of the molecule is CN(C(=O)/C=C/CC(C)(C)NC(=O)OC(C)(C)C)[C@H](Cc1ccc2ccccc2c1)C(=O)N(C)[C@H](Cc1ccccc1)C(=O)NCC1CC1. The highest BCUT2D eigenvalue weighted by molar-refractivity contribution is 5.95. The number of hydrogen-bond donors (Lipinski definition) is 2. The predicted octanol–water partition coefficient (Wildman–Crippen LogP) is 6.05. The van der Waals surface area contributed by atoms with Gasteiger partial charge in [-0.2, -0.15) is 0 Å². The number of carbonyl (C=O) groups is 4. The number of alkyl carbamates (subject to hydrolysis) is 1. The summed E-state index contributed by atoms with van der Waals surface area (Å²) in [4.78, 5) is 57.1. The maximum Gasteiger partial charge on any atom is 0.408 e. The van der Waals surface area contributed by atoms with Crippen molar-refractivity contribution in [1.82, 2.24) is 20.4 Å². The second-order valence-corrected chi connectivity index (χ2v) is 14.8. The molecule has 262 valence electrons. The van der Waals surface area contributed by atoms with Crippen LogP contribution in [0.25, 0.3) is 10.8 Å². The molecule has 9 heteroatoms. The number of nitrogens with one attached hydrogen (secondary N) is 2. The van der Waals surface area contributed by atoms with Gasteiger partial charge in [-0.3, -0.25) is 14.4 Å². The van der Waals surface area contributed by atoms with E-state index >= 15 is 0 Å². The van der Waals surface area contributed by atoms with E-state index in [1.165, 1.54) is 15.9 Å². The van der Waals surface area contributed by atoms with E-state index in [1.54, 1.807) is 40.9 Å². The molecule has 0 saturated heterocycles. The third-order valence-corrected chi connectivity index (χ3v) is 8.72. The highest BCUT2D eigenvalue weighted by Gasteiger charge is 2.35. The molecule has 4 rings (SSSR count). The van der Waals surface area contributed by atoms with Gasteiger partial charge in [0.2, 0.25) is 17.7 Å². The fraction of sp³-hybridized carbons (Fsp3) is 0.450. The number of hydrogen-bond acceptors (Lipinski definition) is 5. The van der Waals surface area contributed by atoms with Gasteiger partial charge in [-0.05, 0) is 87.8 Å². The summed E-state index contributed by atoms with van der Waals surface area (Å²) in [5, 5.41) is 8.03. The van der Waals surface area contributed by atoms with Gasteiger partial charge in [0.15, 0.2) is 0 Å². The summed E-state index contributed by atoms with van der Waals surface area (Å²) in [6.07, 6.45) is 5.75. The number of carbonyl (C=O) groups excluding carboxylic acids is 4. The van der Waals surface area contributed by atoms with Crippen LogP contribution >= 0.6 is 0 Å². The maximum absolute atomic E-state index is 14.5. The summed E-state index contributed by atoms with van der Waals surface area (Å²) >= 11 is 0. The van der Waals surface area contributed by atoms with E-state index in [-0.39, 0.29) is 24.1 Å². The summed E-state index contributed by atoms with van der Waals surface area (Å²) in [6.45, 7) is 9.67. The van der Waals surface area contributed by atoms with Crippen molar-refractivity contribution in [3.05, 3.63) is 96.1 Å². The molecule has 3 aromatic carbocycles. The molecule has 2 atom stereocenters. The minimum atomic E-state index is -0.884. The molecule has 0 unspecified atom stereocenters. The van der Waals surface area contributed by atoms with Crippen molar-refractivity contribution >= 4 is 34.6 Å².